The molecule has 8 heteroatoms. The van der Waals surface area contributed by atoms with E-state index < -0.39 is 0 Å². The number of rotatable bonds is 5. The van der Waals surface area contributed by atoms with Gasteiger partial charge in [-0.15, -0.1) is 0 Å². The number of hydrogen-bond donors (Lipinski definition) is 0. The minimum absolute atomic E-state index is 0.105. The number of benzene rings is 1. The van der Waals surface area contributed by atoms with Crippen molar-refractivity contribution < 1.29 is 13.9 Å². The summed E-state index contributed by atoms with van der Waals surface area (Å²) in [5.41, 5.74) is 3.14. The molecule has 0 radical (unpaired) electrons. The first kappa shape index (κ1) is 22.7. The van der Waals surface area contributed by atoms with Gasteiger partial charge in [0.1, 0.15) is 5.76 Å². The van der Waals surface area contributed by atoms with Crippen LogP contribution < -0.4 is 0 Å². The smallest absolute Gasteiger partial charge is 0.227 e. The van der Waals surface area contributed by atoms with Gasteiger partial charge in [0.25, 0.3) is 0 Å². The molecule has 2 heterocycles. The molecule has 170 valence electrons. The molecule has 0 bridgehead atoms. The van der Waals surface area contributed by atoms with E-state index in [1.807, 2.05) is 17.9 Å². The number of hydrogen-bond acceptors (Lipinski definition) is 5. The molecule has 1 atom stereocenters. The molecule has 2 aliphatic rings. The first-order chi connectivity index (χ1) is 15.4. The lowest BCUT2D eigenvalue weighted by molar-refractivity contribution is -0.133. The highest BCUT2D eigenvalue weighted by molar-refractivity contribution is 6.42. The quantitative estimate of drug-likeness (QED) is 0.601. The van der Waals surface area contributed by atoms with Crippen LogP contribution in [0.15, 0.2) is 46.3 Å². The van der Waals surface area contributed by atoms with Gasteiger partial charge >= 0.3 is 0 Å². The predicted octanol–water partition coefficient (Wildman–Crippen LogP) is 5.10. The average Bonchev–Trinajstić information content (AvgIpc) is 3.21. The highest BCUT2D eigenvalue weighted by Gasteiger charge is 2.30. The molecule has 1 amide bonds. The average molecular weight is 476 g/mol. The van der Waals surface area contributed by atoms with Crippen molar-refractivity contribution in [2.24, 2.45) is 0 Å². The van der Waals surface area contributed by atoms with E-state index >= 15 is 0 Å². The fraction of sp³-hybridized carbons (Fsp3) is 0.417. The summed E-state index contributed by atoms with van der Waals surface area (Å²) in [5, 5.41) is 0.971. The zero-order valence-corrected chi connectivity index (χ0v) is 20.0. The number of allylic oxidation sites excluding steroid dienone is 3. The van der Waals surface area contributed by atoms with Crippen LogP contribution in [0.5, 0.6) is 0 Å². The molecule has 1 saturated heterocycles. The zero-order valence-electron chi connectivity index (χ0n) is 18.5. The summed E-state index contributed by atoms with van der Waals surface area (Å²) in [6, 6.07) is 5.56. The van der Waals surface area contributed by atoms with Crippen molar-refractivity contribution in [2.45, 2.75) is 39.2 Å². The fourth-order valence-corrected chi connectivity index (χ4v) is 4.71. The maximum atomic E-state index is 12.9. The highest BCUT2D eigenvalue weighted by Crippen LogP contribution is 2.34. The largest absolute Gasteiger partial charge is 0.496 e. The van der Waals surface area contributed by atoms with E-state index in [1.54, 1.807) is 25.4 Å². The Kier molecular flexibility index (Phi) is 6.82. The highest BCUT2D eigenvalue weighted by atomic mass is 35.5. The fourth-order valence-electron chi connectivity index (χ4n) is 4.39. The minimum Gasteiger partial charge on any atom is -0.496 e. The maximum absolute atomic E-state index is 12.9. The van der Waals surface area contributed by atoms with Crippen LogP contribution in [0.1, 0.15) is 37.0 Å². The molecule has 0 spiro atoms. The summed E-state index contributed by atoms with van der Waals surface area (Å²) < 4.78 is 11.4. The molecule has 1 fully saturated rings. The minimum atomic E-state index is 0.105. The molecule has 2 aromatic rings. The number of aryl methyl sites for hydroxylation is 1. The Hall–Kier alpha value is -2.44. The first-order valence-corrected chi connectivity index (χ1v) is 11.5. The first-order valence-electron chi connectivity index (χ1n) is 10.7. The van der Waals surface area contributed by atoms with Crippen LogP contribution in [0.2, 0.25) is 10.0 Å². The molecule has 32 heavy (non-hydrogen) atoms. The van der Waals surface area contributed by atoms with Gasteiger partial charge in [0.05, 0.1) is 29.8 Å². The van der Waals surface area contributed by atoms with Crippen LogP contribution in [-0.4, -0.2) is 53.5 Å². The van der Waals surface area contributed by atoms with Gasteiger partial charge in [0, 0.05) is 43.9 Å². The molecule has 1 aromatic heterocycles. The van der Waals surface area contributed by atoms with Crippen molar-refractivity contribution in [1.29, 1.82) is 0 Å². The molecule has 4 rings (SSSR count). The lowest BCUT2D eigenvalue weighted by atomic mass is 9.97. The van der Waals surface area contributed by atoms with Gasteiger partial charge in [0.15, 0.2) is 11.7 Å². The normalized spacial score (nSPS) is 19.3. The number of piperazine rings is 1. The lowest BCUT2D eigenvalue weighted by Gasteiger charge is -2.43. The van der Waals surface area contributed by atoms with Crippen molar-refractivity contribution in [1.82, 2.24) is 14.8 Å². The number of methoxy groups -OCH3 is 1. The van der Waals surface area contributed by atoms with Crippen LogP contribution in [-0.2, 0) is 16.0 Å². The monoisotopic (exact) mass is 475 g/mol. The van der Waals surface area contributed by atoms with Crippen LogP contribution in [0.25, 0.3) is 5.57 Å². The third-order valence-electron chi connectivity index (χ3n) is 6.05. The molecule has 0 N–H and O–H groups in total. The predicted molar refractivity (Wildman–Crippen MR) is 125 cm³/mol. The van der Waals surface area contributed by atoms with Gasteiger partial charge in [-0.25, -0.2) is 4.98 Å². The molecule has 1 aromatic carbocycles. The van der Waals surface area contributed by atoms with Crippen LogP contribution in [0.4, 0.5) is 0 Å². The van der Waals surface area contributed by atoms with Gasteiger partial charge in [0.2, 0.25) is 5.91 Å². The number of oxazole rings is 1. The van der Waals surface area contributed by atoms with E-state index in [-0.39, 0.29) is 11.9 Å². The molecular formula is C24H27Cl2N3O3. The number of amides is 1. The Labute approximate surface area is 198 Å². The summed E-state index contributed by atoms with van der Waals surface area (Å²) >= 11 is 12.1. The molecule has 0 unspecified atom stereocenters. The Morgan fingerprint density at radius 3 is 2.72 bits per heavy atom. The Morgan fingerprint density at radius 1 is 1.25 bits per heavy atom. The van der Waals surface area contributed by atoms with E-state index in [1.165, 1.54) is 5.70 Å². The van der Waals surface area contributed by atoms with Gasteiger partial charge in [-0.2, -0.15) is 0 Å². The van der Waals surface area contributed by atoms with Crippen LogP contribution >= 0.6 is 23.2 Å². The molecule has 6 nitrogen and oxygen atoms in total. The summed E-state index contributed by atoms with van der Waals surface area (Å²) in [7, 11) is 1.68. The van der Waals surface area contributed by atoms with E-state index in [2.05, 4.69) is 22.9 Å². The maximum Gasteiger partial charge on any atom is 0.227 e. The number of carbonyl (C=O) groups is 1. The molecule has 0 saturated carbocycles. The standard InChI is InChI=1S/C24H27Cl2N3O3/c1-15-14-28(24(30)11-17-4-7-20(25)21(26)10-17)8-9-29(15)18-5-6-19(22(12-18)31-3)23-13-27-16(2)32-23/h4,7,10,12-13,15H,5-6,8-9,11,14H2,1-3H3/t15-/m0/s1. The van der Waals surface area contributed by atoms with Crippen LogP contribution in [0, 0.1) is 6.92 Å². The third kappa shape index (κ3) is 4.81. The van der Waals surface area contributed by atoms with Crippen molar-refractivity contribution >= 4 is 34.7 Å². The second-order valence-corrected chi connectivity index (χ2v) is 9.05. The number of carbonyl (C=O) groups excluding carboxylic acids is 1. The van der Waals surface area contributed by atoms with Gasteiger partial charge in [-0.3, -0.25) is 4.79 Å². The van der Waals surface area contributed by atoms with Crippen molar-refractivity contribution in [2.75, 3.05) is 26.7 Å². The Morgan fingerprint density at radius 2 is 2.06 bits per heavy atom. The van der Waals surface area contributed by atoms with E-state index in [4.69, 9.17) is 32.4 Å². The van der Waals surface area contributed by atoms with Gasteiger partial charge < -0.3 is 19.0 Å². The van der Waals surface area contributed by atoms with E-state index in [0.717, 1.165) is 42.0 Å². The van der Waals surface area contributed by atoms with Crippen molar-refractivity contribution in [3.63, 3.8) is 0 Å². The van der Waals surface area contributed by atoms with Crippen LogP contribution in [0.3, 0.4) is 0 Å². The Balaban J connectivity index is 1.43. The number of ether oxygens (including phenoxy) is 1. The van der Waals surface area contributed by atoms with E-state index in [9.17, 15) is 4.79 Å². The zero-order chi connectivity index (χ0) is 22.8. The van der Waals surface area contributed by atoms with Gasteiger partial charge in [-0.1, -0.05) is 29.3 Å². The van der Waals surface area contributed by atoms with Gasteiger partial charge in [-0.05, 0) is 43.5 Å². The van der Waals surface area contributed by atoms with Crippen molar-refractivity contribution in [3.05, 3.63) is 69.2 Å². The number of nitrogens with zero attached hydrogens (tertiary/aromatic N) is 3. The number of halogens is 2. The lowest BCUT2D eigenvalue weighted by Crippen LogP contribution is -2.53. The van der Waals surface area contributed by atoms with Crippen molar-refractivity contribution in [3.8, 4) is 0 Å². The molecule has 1 aliphatic heterocycles. The van der Waals surface area contributed by atoms with E-state index in [0.29, 0.717) is 35.4 Å². The molecular weight excluding hydrogens is 449 g/mol. The number of aromatic nitrogens is 1. The Bertz CT molecular complexity index is 1080. The summed E-state index contributed by atoms with van der Waals surface area (Å²) in [5.74, 6) is 2.33. The molecule has 1 aliphatic carbocycles. The third-order valence-corrected chi connectivity index (χ3v) is 6.79. The summed E-state index contributed by atoms with van der Waals surface area (Å²) in [6.07, 6.45) is 5.89. The SMILES string of the molecule is COC1=C(c2cnc(C)o2)CCC(N2CCN(C(=O)Cc3ccc(Cl)c(Cl)c3)C[C@@H]2C)=C1. The topological polar surface area (TPSA) is 58.8 Å². The second-order valence-electron chi connectivity index (χ2n) is 8.23. The summed E-state index contributed by atoms with van der Waals surface area (Å²) in [6.45, 7) is 6.14. The summed E-state index contributed by atoms with van der Waals surface area (Å²) in [4.78, 5) is 21.4. The second kappa shape index (κ2) is 9.59.